The first-order chi connectivity index (χ1) is 8.74. The van der Waals surface area contributed by atoms with E-state index in [4.69, 9.17) is 10.3 Å². The minimum atomic E-state index is 0.303. The van der Waals surface area contributed by atoms with Gasteiger partial charge in [-0.1, -0.05) is 11.2 Å². The Morgan fingerprint density at radius 2 is 2.17 bits per heavy atom. The number of benzene rings is 1. The number of anilines is 1. The number of halogens is 1. The molecule has 5 nitrogen and oxygen atoms in total. The first-order valence-electron chi connectivity index (χ1n) is 5.26. The van der Waals surface area contributed by atoms with Crippen LogP contribution in [-0.2, 0) is 0 Å². The average Bonchev–Trinajstić information content (AvgIpc) is 2.99. The van der Waals surface area contributed by atoms with Crippen LogP contribution in [0.25, 0.3) is 16.9 Å². The highest BCUT2D eigenvalue weighted by Gasteiger charge is 2.08. The van der Waals surface area contributed by atoms with Crippen molar-refractivity contribution in [3.05, 3.63) is 47.2 Å². The Hall–Kier alpha value is -2.08. The predicted molar refractivity (Wildman–Crippen MR) is 71.2 cm³/mol. The Bertz CT molecular complexity index is 675. The van der Waals surface area contributed by atoms with Crippen LogP contribution in [0.3, 0.4) is 0 Å². The van der Waals surface area contributed by atoms with Crippen molar-refractivity contribution in [2.45, 2.75) is 0 Å². The third-order valence-corrected chi connectivity index (χ3v) is 3.16. The summed E-state index contributed by atoms with van der Waals surface area (Å²) in [5, 5.41) is 8.06. The van der Waals surface area contributed by atoms with Gasteiger partial charge in [-0.2, -0.15) is 5.10 Å². The lowest BCUT2D eigenvalue weighted by molar-refractivity contribution is 0.439. The van der Waals surface area contributed by atoms with Crippen LogP contribution in [0.5, 0.6) is 0 Å². The number of aromatic nitrogens is 3. The molecule has 0 bridgehead atoms. The van der Waals surface area contributed by atoms with Crippen LogP contribution in [0.15, 0.2) is 51.7 Å². The first-order valence-corrected chi connectivity index (χ1v) is 6.05. The van der Waals surface area contributed by atoms with Gasteiger partial charge in [0, 0.05) is 28.5 Å². The van der Waals surface area contributed by atoms with Crippen LogP contribution in [-0.4, -0.2) is 14.9 Å². The highest BCUT2D eigenvalue weighted by Crippen LogP contribution is 2.28. The summed E-state index contributed by atoms with van der Waals surface area (Å²) in [7, 11) is 0. The second-order valence-corrected chi connectivity index (χ2v) is 4.59. The van der Waals surface area contributed by atoms with Crippen molar-refractivity contribution in [2.75, 3.05) is 5.73 Å². The molecule has 0 saturated carbocycles. The van der Waals surface area contributed by atoms with E-state index in [1.54, 1.807) is 16.9 Å². The standard InChI is InChI=1S/C12H9BrN4O/c13-9-6-8(10-7-12(14)18-16-10)2-3-11(9)17-5-1-4-15-17/h1-7H,14H2. The summed E-state index contributed by atoms with van der Waals surface area (Å²) >= 11 is 3.52. The van der Waals surface area contributed by atoms with Crippen molar-refractivity contribution in [3.63, 3.8) is 0 Å². The molecular formula is C12H9BrN4O. The maximum absolute atomic E-state index is 5.51. The minimum Gasteiger partial charge on any atom is -0.368 e. The van der Waals surface area contributed by atoms with Crippen molar-refractivity contribution in [3.8, 4) is 16.9 Å². The smallest absolute Gasteiger partial charge is 0.222 e. The van der Waals surface area contributed by atoms with Gasteiger partial charge in [-0.15, -0.1) is 0 Å². The first kappa shape index (κ1) is 11.0. The monoisotopic (exact) mass is 304 g/mol. The van der Waals surface area contributed by atoms with Crippen LogP contribution in [0, 0.1) is 0 Å². The summed E-state index contributed by atoms with van der Waals surface area (Å²) in [4.78, 5) is 0. The summed E-state index contributed by atoms with van der Waals surface area (Å²) in [6.45, 7) is 0. The normalized spacial score (nSPS) is 10.7. The number of nitrogens with zero attached hydrogens (tertiary/aromatic N) is 3. The molecule has 0 aliphatic rings. The Morgan fingerprint density at radius 1 is 1.28 bits per heavy atom. The van der Waals surface area contributed by atoms with Crippen molar-refractivity contribution in [2.24, 2.45) is 0 Å². The third-order valence-electron chi connectivity index (χ3n) is 2.52. The van der Waals surface area contributed by atoms with Crippen LogP contribution >= 0.6 is 15.9 Å². The van der Waals surface area contributed by atoms with Gasteiger partial charge >= 0.3 is 0 Å². The topological polar surface area (TPSA) is 69.9 Å². The molecule has 0 amide bonds. The number of rotatable bonds is 2. The molecule has 6 heteroatoms. The fourth-order valence-corrected chi connectivity index (χ4v) is 2.25. The van der Waals surface area contributed by atoms with E-state index >= 15 is 0 Å². The van der Waals surface area contributed by atoms with Crippen molar-refractivity contribution >= 4 is 21.8 Å². The van der Waals surface area contributed by atoms with Gasteiger partial charge in [0.05, 0.1) is 5.69 Å². The van der Waals surface area contributed by atoms with E-state index in [-0.39, 0.29) is 0 Å². The summed E-state index contributed by atoms with van der Waals surface area (Å²) in [6.07, 6.45) is 3.62. The van der Waals surface area contributed by atoms with Crippen molar-refractivity contribution < 1.29 is 4.52 Å². The Labute approximate surface area is 111 Å². The van der Waals surface area contributed by atoms with Gasteiger partial charge in [-0.05, 0) is 34.1 Å². The SMILES string of the molecule is Nc1cc(-c2ccc(-n3cccn3)c(Br)c2)no1. The number of nitrogens with two attached hydrogens (primary N) is 1. The Kier molecular flexibility index (Phi) is 2.64. The van der Waals surface area contributed by atoms with Gasteiger partial charge in [0.15, 0.2) is 0 Å². The van der Waals surface area contributed by atoms with Crippen LogP contribution < -0.4 is 5.73 Å². The predicted octanol–water partition coefficient (Wildman–Crippen LogP) is 2.87. The van der Waals surface area contributed by atoms with Crippen molar-refractivity contribution in [1.82, 2.24) is 14.9 Å². The fourth-order valence-electron chi connectivity index (χ4n) is 1.69. The van der Waals surface area contributed by atoms with Crippen LogP contribution in [0.2, 0.25) is 0 Å². The molecule has 2 heterocycles. The van der Waals surface area contributed by atoms with Crippen molar-refractivity contribution in [1.29, 1.82) is 0 Å². The van der Waals surface area contributed by atoms with Gasteiger partial charge < -0.3 is 10.3 Å². The molecule has 2 aromatic heterocycles. The van der Waals surface area contributed by atoms with Gasteiger partial charge in [0.2, 0.25) is 5.88 Å². The maximum Gasteiger partial charge on any atom is 0.222 e. The van der Waals surface area contributed by atoms with E-state index < -0.39 is 0 Å². The minimum absolute atomic E-state index is 0.303. The highest BCUT2D eigenvalue weighted by atomic mass is 79.9. The number of hydrogen-bond acceptors (Lipinski definition) is 4. The molecule has 0 radical (unpaired) electrons. The maximum atomic E-state index is 5.51. The quantitative estimate of drug-likeness (QED) is 0.790. The van der Waals surface area contributed by atoms with Crippen LogP contribution in [0.1, 0.15) is 0 Å². The fraction of sp³-hybridized carbons (Fsp3) is 0. The molecule has 18 heavy (non-hydrogen) atoms. The lowest BCUT2D eigenvalue weighted by Crippen LogP contribution is -1.95. The zero-order chi connectivity index (χ0) is 12.5. The van der Waals surface area contributed by atoms with Gasteiger partial charge in [-0.25, -0.2) is 4.68 Å². The van der Waals surface area contributed by atoms with E-state index in [1.165, 1.54) is 0 Å². The summed E-state index contributed by atoms with van der Waals surface area (Å²) < 4.78 is 7.56. The molecule has 90 valence electrons. The van der Waals surface area contributed by atoms with Gasteiger partial charge in [0.25, 0.3) is 0 Å². The number of hydrogen-bond donors (Lipinski definition) is 1. The molecular weight excluding hydrogens is 296 g/mol. The average molecular weight is 305 g/mol. The molecule has 3 rings (SSSR count). The van der Waals surface area contributed by atoms with E-state index in [0.717, 1.165) is 15.7 Å². The Balaban J connectivity index is 2.04. The second kappa shape index (κ2) is 4.30. The largest absolute Gasteiger partial charge is 0.368 e. The second-order valence-electron chi connectivity index (χ2n) is 3.73. The highest BCUT2D eigenvalue weighted by molar-refractivity contribution is 9.10. The molecule has 0 unspecified atom stereocenters. The molecule has 0 aliphatic carbocycles. The molecule has 2 N–H and O–H groups in total. The van der Waals surface area contributed by atoms with Crippen LogP contribution in [0.4, 0.5) is 5.88 Å². The molecule has 3 aromatic rings. The molecule has 1 aromatic carbocycles. The van der Waals surface area contributed by atoms with Gasteiger partial charge in [-0.3, -0.25) is 0 Å². The van der Waals surface area contributed by atoms with E-state index in [2.05, 4.69) is 26.2 Å². The summed E-state index contributed by atoms with van der Waals surface area (Å²) in [5.41, 5.74) is 8.10. The van der Waals surface area contributed by atoms with E-state index in [0.29, 0.717) is 11.6 Å². The zero-order valence-electron chi connectivity index (χ0n) is 9.25. The van der Waals surface area contributed by atoms with Gasteiger partial charge in [0.1, 0.15) is 5.69 Å². The zero-order valence-corrected chi connectivity index (χ0v) is 10.8. The molecule has 0 spiro atoms. The van der Waals surface area contributed by atoms with E-state index in [1.807, 2.05) is 30.5 Å². The molecule has 0 saturated heterocycles. The van der Waals surface area contributed by atoms with E-state index in [9.17, 15) is 0 Å². The molecule has 0 aliphatic heterocycles. The molecule has 0 atom stereocenters. The summed E-state index contributed by atoms with van der Waals surface area (Å²) in [6, 6.07) is 9.42. The Morgan fingerprint density at radius 3 is 2.78 bits per heavy atom. The lowest BCUT2D eigenvalue weighted by Gasteiger charge is -2.05. The number of nitrogen functional groups attached to an aromatic ring is 1. The summed E-state index contributed by atoms with van der Waals surface area (Å²) in [5.74, 6) is 0.303. The lowest BCUT2D eigenvalue weighted by atomic mass is 10.1. The molecule has 0 fully saturated rings. The third kappa shape index (κ3) is 1.91.